The fraction of sp³-hybridized carbons (Fsp3) is 0.444. The molecule has 1 aromatic carbocycles. The van der Waals surface area contributed by atoms with Gasteiger partial charge in [0.1, 0.15) is 0 Å². The van der Waals surface area contributed by atoms with Crippen molar-refractivity contribution in [1.82, 2.24) is 10.3 Å². The fourth-order valence-electron chi connectivity index (χ4n) is 3.35. The molecule has 3 rings (SSSR count). The maximum absolute atomic E-state index is 13.5. The third-order valence-electron chi connectivity index (χ3n) is 4.43. The monoisotopic (exact) mass is 374 g/mol. The van der Waals surface area contributed by atoms with E-state index < -0.39 is 4.87 Å². The molecule has 0 bridgehead atoms. The molecule has 0 radical (unpaired) electrons. The van der Waals surface area contributed by atoms with Gasteiger partial charge in [0, 0.05) is 25.5 Å². The van der Waals surface area contributed by atoms with Crippen LogP contribution in [0.5, 0.6) is 0 Å². The first-order chi connectivity index (χ1) is 12.2. The standard InChI is InChI=1S/C18H22N4O3S/c1-6-13-7-8-15-14(9-13)18(16(25)21(15)10(2)3)22(12(5)24)20-17(26-18)19-11(4)23/h7-10H,6H2,1-5H3,(H,19,20,23)/t18-/m1/s1. The van der Waals surface area contributed by atoms with Gasteiger partial charge in [0.15, 0.2) is 5.17 Å². The number of nitrogens with zero attached hydrogens (tertiary/aromatic N) is 3. The molecular formula is C18H22N4O3S. The molecule has 2 aliphatic heterocycles. The highest BCUT2D eigenvalue weighted by Crippen LogP contribution is 2.55. The average molecular weight is 374 g/mol. The zero-order valence-electron chi connectivity index (χ0n) is 15.5. The number of anilines is 1. The second kappa shape index (κ2) is 6.42. The number of carbonyl (C=O) groups is 3. The Morgan fingerprint density at radius 2 is 2.00 bits per heavy atom. The van der Waals surface area contributed by atoms with Gasteiger partial charge >= 0.3 is 0 Å². The van der Waals surface area contributed by atoms with Crippen molar-refractivity contribution in [3.05, 3.63) is 29.3 Å². The SMILES string of the molecule is CCc1ccc2c(c1)[C@@]1(SC(NC(C)=O)=NN1C(C)=O)C(=O)N2C(C)C. The first-order valence-corrected chi connectivity index (χ1v) is 9.37. The maximum Gasteiger partial charge on any atom is 0.271 e. The summed E-state index contributed by atoms with van der Waals surface area (Å²) in [6.07, 6.45) is 0.809. The van der Waals surface area contributed by atoms with Crippen molar-refractivity contribution in [3.8, 4) is 0 Å². The largest absolute Gasteiger partial charge is 0.306 e. The number of nitrogens with one attached hydrogen (secondary N) is 1. The zero-order valence-corrected chi connectivity index (χ0v) is 16.3. The number of amides is 3. The van der Waals surface area contributed by atoms with Crippen molar-refractivity contribution in [3.63, 3.8) is 0 Å². The second-order valence-electron chi connectivity index (χ2n) is 6.64. The van der Waals surface area contributed by atoms with E-state index in [1.54, 1.807) is 4.90 Å². The fourth-order valence-corrected chi connectivity index (χ4v) is 4.66. The van der Waals surface area contributed by atoms with Crippen molar-refractivity contribution in [1.29, 1.82) is 0 Å². The summed E-state index contributed by atoms with van der Waals surface area (Å²) in [7, 11) is 0. The van der Waals surface area contributed by atoms with Crippen molar-refractivity contribution >= 4 is 40.3 Å². The molecule has 2 aliphatic rings. The van der Waals surface area contributed by atoms with Gasteiger partial charge in [-0.15, -0.1) is 5.10 Å². The number of carbonyl (C=O) groups excluding carboxylic acids is 3. The Morgan fingerprint density at radius 1 is 1.31 bits per heavy atom. The quantitative estimate of drug-likeness (QED) is 0.860. The number of rotatable bonds is 2. The molecule has 1 aromatic rings. The Bertz CT molecular complexity index is 836. The van der Waals surface area contributed by atoms with Crippen LogP contribution in [0.25, 0.3) is 0 Å². The summed E-state index contributed by atoms with van der Waals surface area (Å²) in [5.74, 6) is -0.879. The van der Waals surface area contributed by atoms with Gasteiger partial charge in [0.2, 0.25) is 16.7 Å². The first kappa shape index (κ1) is 18.4. The van der Waals surface area contributed by atoms with Crippen LogP contribution in [0, 0.1) is 0 Å². The summed E-state index contributed by atoms with van der Waals surface area (Å²) < 4.78 is 0. The lowest BCUT2D eigenvalue weighted by molar-refractivity contribution is -0.139. The summed E-state index contributed by atoms with van der Waals surface area (Å²) in [6, 6.07) is 5.81. The number of fused-ring (bicyclic) bond motifs is 2. The summed E-state index contributed by atoms with van der Waals surface area (Å²) in [5.41, 5.74) is 2.58. The van der Waals surface area contributed by atoms with Crippen LogP contribution >= 0.6 is 11.8 Å². The summed E-state index contributed by atoms with van der Waals surface area (Å²) in [4.78, 5) is 37.7. The average Bonchev–Trinajstić information content (AvgIpc) is 3.04. The lowest BCUT2D eigenvalue weighted by atomic mass is 10.0. The molecular weight excluding hydrogens is 352 g/mol. The van der Waals surface area contributed by atoms with Gasteiger partial charge in [-0.2, -0.15) is 5.01 Å². The summed E-state index contributed by atoms with van der Waals surface area (Å²) >= 11 is 1.11. The van der Waals surface area contributed by atoms with E-state index in [-0.39, 0.29) is 28.9 Å². The van der Waals surface area contributed by atoms with E-state index in [2.05, 4.69) is 10.4 Å². The topological polar surface area (TPSA) is 82.1 Å². The molecule has 1 spiro atoms. The third-order valence-corrected chi connectivity index (χ3v) is 5.67. The van der Waals surface area contributed by atoms with E-state index in [9.17, 15) is 14.4 Å². The Balaban J connectivity index is 2.21. The molecule has 8 heteroatoms. The van der Waals surface area contributed by atoms with E-state index in [1.807, 2.05) is 39.0 Å². The Hall–Kier alpha value is -2.35. The van der Waals surface area contributed by atoms with Gasteiger partial charge in [-0.25, -0.2) is 0 Å². The highest BCUT2D eigenvalue weighted by molar-refractivity contribution is 8.15. The molecule has 7 nitrogen and oxygen atoms in total. The van der Waals surface area contributed by atoms with Gasteiger partial charge < -0.3 is 10.2 Å². The molecule has 3 amide bonds. The van der Waals surface area contributed by atoms with Gasteiger partial charge in [-0.3, -0.25) is 14.4 Å². The number of hydrazone groups is 1. The molecule has 1 atom stereocenters. The molecule has 0 aliphatic carbocycles. The van der Waals surface area contributed by atoms with E-state index in [0.717, 1.165) is 35.0 Å². The number of hydrogen-bond acceptors (Lipinski definition) is 5. The highest BCUT2D eigenvalue weighted by atomic mass is 32.2. The van der Waals surface area contributed by atoms with Crippen LogP contribution < -0.4 is 10.2 Å². The van der Waals surface area contributed by atoms with Crippen LogP contribution in [0.15, 0.2) is 23.3 Å². The molecule has 138 valence electrons. The minimum atomic E-state index is -1.31. The van der Waals surface area contributed by atoms with E-state index in [0.29, 0.717) is 0 Å². The number of amidine groups is 1. The van der Waals surface area contributed by atoms with E-state index >= 15 is 0 Å². The predicted molar refractivity (Wildman–Crippen MR) is 101 cm³/mol. The number of aryl methyl sites for hydroxylation is 1. The van der Waals surface area contributed by atoms with Crippen LogP contribution in [-0.4, -0.2) is 33.9 Å². The highest BCUT2D eigenvalue weighted by Gasteiger charge is 2.61. The number of hydrogen-bond donors (Lipinski definition) is 1. The molecule has 0 saturated carbocycles. The molecule has 26 heavy (non-hydrogen) atoms. The Labute approximate surface area is 156 Å². The van der Waals surface area contributed by atoms with Crippen LogP contribution in [0.3, 0.4) is 0 Å². The zero-order chi connectivity index (χ0) is 19.2. The lowest BCUT2D eigenvalue weighted by Gasteiger charge is -2.30. The van der Waals surface area contributed by atoms with Gasteiger partial charge in [0.05, 0.1) is 5.69 Å². The molecule has 0 saturated heterocycles. The second-order valence-corrected chi connectivity index (χ2v) is 7.82. The minimum absolute atomic E-state index is 0.0766. The van der Waals surface area contributed by atoms with Crippen molar-refractivity contribution < 1.29 is 14.4 Å². The van der Waals surface area contributed by atoms with Crippen LogP contribution in [0.2, 0.25) is 0 Å². The summed E-state index contributed by atoms with van der Waals surface area (Å²) in [5, 5.41) is 8.31. The molecule has 0 unspecified atom stereocenters. The van der Waals surface area contributed by atoms with Gasteiger partial charge in [0.25, 0.3) is 5.91 Å². The maximum atomic E-state index is 13.5. The van der Waals surface area contributed by atoms with Crippen LogP contribution in [0.1, 0.15) is 45.7 Å². The van der Waals surface area contributed by atoms with E-state index in [4.69, 9.17) is 0 Å². The van der Waals surface area contributed by atoms with Crippen LogP contribution in [-0.2, 0) is 25.7 Å². The minimum Gasteiger partial charge on any atom is -0.306 e. The number of benzene rings is 1. The lowest BCUT2D eigenvalue weighted by Crippen LogP contribution is -2.50. The van der Waals surface area contributed by atoms with Gasteiger partial charge in [-0.05, 0) is 49.7 Å². The van der Waals surface area contributed by atoms with Crippen molar-refractivity contribution in [2.45, 2.75) is 52.0 Å². The van der Waals surface area contributed by atoms with Crippen LogP contribution in [0.4, 0.5) is 5.69 Å². The predicted octanol–water partition coefficient (Wildman–Crippen LogP) is 2.16. The van der Waals surface area contributed by atoms with Gasteiger partial charge in [-0.1, -0.05) is 13.0 Å². The molecule has 0 aromatic heterocycles. The normalized spacial score (nSPS) is 21.5. The Morgan fingerprint density at radius 3 is 2.54 bits per heavy atom. The van der Waals surface area contributed by atoms with E-state index in [1.165, 1.54) is 18.9 Å². The third kappa shape index (κ3) is 2.59. The first-order valence-electron chi connectivity index (χ1n) is 8.55. The smallest absolute Gasteiger partial charge is 0.271 e. The van der Waals surface area contributed by atoms with Crippen molar-refractivity contribution in [2.75, 3.05) is 4.90 Å². The molecule has 1 N–H and O–H groups in total. The summed E-state index contributed by atoms with van der Waals surface area (Å²) in [6.45, 7) is 8.64. The Kier molecular flexibility index (Phi) is 4.56. The molecule has 2 heterocycles. The molecule has 0 fully saturated rings. The van der Waals surface area contributed by atoms with Crippen molar-refractivity contribution in [2.24, 2.45) is 5.10 Å². The number of thioether (sulfide) groups is 1.